The molecule has 0 saturated heterocycles. The first-order valence-corrected chi connectivity index (χ1v) is 8.63. The Labute approximate surface area is 121 Å². The van der Waals surface area contributed by atoms with Crippen LogP contribution in [0.2, 0.25) is 0 Å². The fourth-order valence-electron chi connectivity index (χ4n) is 1.83. The van der Waals surface area contributed by atoms with Gasteiger partial charge < -0.3 is 4.90 Å². The van der Waals surface area contributed by atoms with E-state index in [0.29, 0.717) is 17.8 Å². The first-order valence-electron chi connectivity index (χ1n) is 6.74. The minimum Gasteiger partial charge on any atom is -0.339 e. The molecule has 0 saturated carbocycles. The lowest BCUT2D eigenvalue weighted by Gasteiger charge is -2.20. The normalized spacial score (nSPS) is 11.2. The van der Waals surface area contributed by atoms with Crippen LogP contribution < -0.4 is 4.72 Å². The Hall–Kier alpha value is -1.56. The van der Waals surface area contributed by atoms with Crippen molar-refractivity contribution in [1.82, 2.24) is 4.90 Å². The van der Waals surface area contributed by atoms with Crippen LogP contribution in [0, 0.1) is 0 Å². The van der Waals surface area contributed by atoms with Gasteiger partial charge in [-0.1, -0.05) is 13.3 Å². The summed E-state index contributed by atoms with van der Waals surface area (Å²) >= 11 is 0. The van der Waals surface area contributed by atoms with Crippen molar-refractivity contribution >= 4 is 21.6 Å². The van der Waals surface area contributed by atoms with Gasteiger partial charge in [0.25, 0.3) is 5.91 Å². The molecule has 0 bridgehead atoms. The maximum absolute atomic E-state index is 12.3. The SMILES string of the molecule is CCCCN(CC)C(=O)c1ccc(NS(C)(=O)=O)cc1. The zero-order valence-electron chi connectivity index (χ0n) is 12.2. The van der Waals surface area contributed by atoms with Crippen molar-refractivity contribution in [2.24, 2.45) is 0 Å². The summed E-state index contributed by atoms with van der Waals surface area (Å²) in [6.07, 6.45) is 3.12. The second-order valence-electron chi connectivity index (χ2n) is 4.69. The van der Waals surface area contributed by atoms with E-state index in [9.17, 15) is 13.2 Å². The summed E-state index contributed by atoms with van der Waals surface area (Å²) in [4.78, 5) is 14.1. The highest BCUT2D eigenvalue weighted by Crippen LogP contribution is 2.13. The van der Waals surface area contributed by atoms with E-state index in [1.54, 1.807) is 29.2 Å². The number of anilines is 1. The van der Waals surface area contributed by atoms with E-state index in [1.165, 1.54) is 0 Å². The number of carbonyl (C=O) groups excluding carboxylic acids is 1. The number of unbranched alkanes of at least 4 members (excludes halogenated alkanes) is 1. The van der Waals surface area contributed by atoms with Crippen molar-refractivity contribution in [3.05, 3.63) is 29.8 Å². The molecule has 5 nitrogen and oxygen atoms in total. The number of nitrogens with one attached hydrogen (secondary N) is 1. The Morgan fingerprint density at radius 1 is 1.20 bits per heavy atom. The van der Waals surface area contributed by atoms with Gasteiger partial charge in [-0.15, -0.1) is 0 Å². The summed E-state index contributed by atoms with van der Waals surface area (Å²) in [5.74, 6) is -0.0214. The molecule has 0 aliphatic rings. The van der Waals surface area contributed by atoms with Crippen LogP contribution >= 0.6 is 0 Å². The maximum atomic E-state index is 12.3. The molecule has 1 rings (SSSR count). The molecule has 0 unspecified atom stereocenters. The van der Waals surface area contributed by atoms with Crippen molar-refractivity contribution in [3.8, 4) is 0 Å². The van der Waals surface area contributed by atoms with Gasteiger partial charge in [-0.3, -0.25) is 9.52 Å². The molecule has 0 heterocycles. The first kappa shape index (κ1) is 16.5. The van der Waals surface area contributed by atoms with E-state index in [-0.39, 0.29) is 5.91 Å². The van der Waals surface area contributed by atoms with Crippen molar-refractivity contribution < 1.29 is 13.2 Å². The fourth-order valence-corrected chi connectivity index (χ4v) is 2.39. The maximum Gasteiger partial charge on any atom is 0.253 e. The number of hydrogen-bond donors (Lipinski definition) is 1. The lowest BCUT2D eigenvalue weighted by atomic mass is 10.1. The third-order valence-electron chi connectivity index (χ3n) is 2.89. The quantitative estimate of drug-likeness (QED) is 0.840. The summed E-state index contributed by atoms with van der Waals surface area (Å²) < 4.78 is 24.6. The summed E-state index contributed by atoms with van der Waals surface area (Å²) in [5.41, 5.74) is 1.03. The molecule has 112 valence electrons. The van der Waals surface area contributed by atoms with Gasteiger partial charge in [0.2, 0.25) is 10.0 Å². The molecule has 1 aromatic rings. The van der Waals surface area contributed by atoms with E-state index >= 15 is 0 Å². The third-order valence-corrected chi connectivity index (χ3v) is 3.49. The first-order chi connectivity index (χ1) is 9.37. The number of nitrogens with zero attached hydrogens (tertiary/aromatic N) is 1. The molecule has 1 amide bonds. The smallest absolute Gasteiger partial charge is 0.253 e. The van der Waals surface area contributed by atoms with Gasteiger partial charge in [0.1, 0.15) is 0 Å². The van der Waals surface area contributed by atoms with Gasteiger partial charge in [-0.25, -0.2) is 8.42 Å². The molecule has 0 aliphatic carbocycles. The van der Waals surface area contributed by atoms with Crippen LogP contribution in [0.25, 0.3) is 0 Å². The van der Waals surface area contributed by atoms with Crippen molar-refractivity contribution in [1.29, 1.82) is 0 Å². The zero-order chi connectivity index (χ0) is 15.2. The van der Waals surface area contributed by atoms with Gasteiger partial charge in [0.05, 0.1) is 6.26 Å². The summed E-state index contributed by atoms with van der Waals surface area (Å²) in [7, 11) is -3.29. The lowest BCUT2D eigenvalue weighted by molar-refractivity contribution is 0.0762. The zero-order valence-corrected chi connectivity index (χ0v) is 13.0. The molecule has 6 heteroatoms. The second kappa shape index (κ2) is 7.28. The lowest BCUT2D eigenvalue weighted by Crippen LogP contribution is -2.31. The van der Waals surface area contributed by atoms with Crippen molar-refractivity contribution in [3.63, 3.8) is 0 Å². The number of rotatable bonds is 7. The number of sulfonamides is 1. The van der Waals surface area contributed by atoms with Crippen LogP contribution in [0.1, 0.15) is 37.0 Å². The van der Waals surface area contributed by atoms with Crippen LogP contribution in [-0.2, 0) is 10.0 Å². The number of carbonyl (C=O) groups is 1. The van der Waals surface area contributed by atoms with E-state index < -0.39 is 10.0 Å². The van der Waals surface area contributed by atoms with E-state index in [0.717, 1.165) is 25.6 Å². The largest absolute Gasteiger partial charge is 0.339 e. The predicted molar refractivity (Wildman–Crippen MR) is 81.4 cm³/mol. The summed E-state index contributed by atoms with van der Waals surface area (Å²) in [5, 5.41) is 0. The molecule has 0 aromatic heterocycles. The highest BCUT2D eigenvalue weighted by atomic mass is 32.2. The number of amides is 1. The minimum absolute atomic E-state index is 0.0214. The van der Waals surface area contributed by atoms with Gasteiger partial charge in [0.15, 0.2) is 0 Å². The Balaban J connectivity index is 2.79. The molecule has 0 radical (unpaired) electrons. The minimum atomic E-state index is -3.29. The third kappa shape index (κ3) is 5.21. The molecular formula is C14H22N2O3S. The number of hydrogen-bond acceptors (Lipinski definition) is 3. The monoisotopic (exact) mass is 298 g/mol. The van der Waals surface area contributed by atoms with E-state index in [4.69, 9.17) is 0 Å². The Morgan fingerprint density at radius 2 is 1.80 bits per heavy atom. The van der Waals surface area contributed by atoms with Crippen LogP contribution in [0.4, 0.5) is 5.69 Å². The van der Waals surface area contributed by atoms with Crippen LogP contribution in [0.3, 0.4) is 0 Å². The average Bonchev–Trinajstić information content (AvgIpc) is 2.38. The van der Waals surface area contributed by atoms with Gasteiger partial charge in [-0.2, -0.15) is 0 Å². The molecule has 0 aliphatic heterocycles. The van der Waals surface area contributed by atoms with Gasteiger partial charge >= 0.3 is 0 Å². The second-order valence-corrected chi connectivity index (χ2v) is 6.44. The highest BCUT2D eigenvalue weighted by Gasteiger charge is 2.13. The summed E-state index contributed by atoms with van der Waals surface area (Å²) in [6.45, 7) is 5.45. The topological polar surface area (TPSA) is 66.5 Å². The molecule has 1 aromatic carbocycles. The molecular weight excluding hydrogens is 276 g/mol. The molecule has 1 N–H and O–H groups in total. The number of benzene rings is 1. The summed E-state index contributed by atoms with van der Waals surface area (Å²) in [6, 6.07) is 6.48. The molecule has 20 heavy (non-hydrogen) atoms. The fraction of sp³-hybridized carbons (Fsp3) is 0.500. The average molecular weight is 298 g/mol. The Bertz CT molecular complexity index is 538. The van der Waals surface area contributed by atoms with Crippen molar-refractivity contribution in [2.45, 2.75) is 26.7 Å². The Morgan fingerprint density at radius 3 is 2.25 bits per heavy atom. The van der Waals surface area contributed by atoms with Crippen LogP contribution in [-0.4, -0.2) is 38.6 Å². The van der Waals surface area contributed by atoms with E-state index in [1.807, 2.05) is 6.92 Å². The van der Waals surface area contributed by atoms with E-state index in [2.05, 4.69) is 11.6 Å². The molecule has 0 fully saturated rings. The molecule has 0 atom stereocenters. The molecule has 0 spiro atoms. The predicted octanol–water partition coefficient (Wildman–Crippen LogP) is 2.32. The standard InChI is InChI=1S/C14H22N2O3S/c1-4-6-11-16(5-2)14(17)12-7-9-13(10-8-12)15-20(3,18)19/h7-10,15H,4-6,11H2,1-3H3. The van der Waals surface area contributed by atoms with Crippen molar-refractivity contribution in [2.75, 3.05) is 24.1 Å². The van der Waals surface area contributed by atoms with Gasteiger partial charge in [-0.05, 0) is 37.6 Å². The van der Waals surface area contributed by atoms with Crippen LogP contribution in [0.5, 0.6) is 0 Å². The highest BCUT2D eigenvalue weighted by molar-refractivity contribution is 7.92. The Kier molecular flexibility index (Phi) is 6.01. The van der Waals surface area contributed by atoms with Crippen LogP contribution in [0.15, 0.2) is 24.3 Å². The van der Waals surface area contributed by atoms with Gasteiger partial charge in [0, 0.05) is 24.3 Å².